The number of hydrogen-bond donors (Lipinski definition) is 2. The highest BCUT2D eigenvalue weighted by molar-refractivity contribution is 5.67. The summed E-state index contributed by atoms with van der Waals surface area (Å²) < 4.78 is 35.4. The third-order valence-corrected chi connectivity index (χ3v) is 7.39. The summed E-state index contributed by atoms with van der Waals surface area (Å²) in [4.78, 5) is 24.2. The summed E-state index contributed by atoms with van der Waals surface area (Å²) in [5.74, 6) is -0.857. The van der Waals surface area contributed by atoms with Crippen molar-refractivity contribution in [2.24, 2.45) is 5.92 Å². The van der Waals surface area contributed by atoms with Crippen LogP contribution in [0.5, 0.6) is 0 Å². The lowest BCUT2D eigenvalue weighted by atomic mass is 9.81. The number of carbonyl (C=O) groups is 2. The van der Waals surface area contributed by atoms with Gasteiger partial charge in [0.2, 0.25) is 0 Å². The molecule has 1 aromatic rings. The Balaban J connectivity index is 1.63. The van der Waals surface area contributed by atoms with Crippen molar-refractivity contribution in [1.82, 2.24) is 0 Å². The van der Waals surface area contributed by atoms with Crippen LogP contribution in [0.25, 0.3) is 0 Å². The van der Waals surface area contributed by atoms with Gasteiger partial charge in [-0.15, -0.1) is 0 Å². The van der Waals surface area contributed by atoms with Crippen molar-refractivity contribution >= 4 is 11.9 Å². The van der Waals surface area contributed by atoms with Crippen LogP contribution in [-0.4, -0.2) is 64.6 Å². The molecule has 2 N–H and O–H groups in total. The highest BCUT2D eigenvalue weighted by atomic mass is 16.8. The SMILES string of the molecule is C=C(CO)[C@H]1C[C@H](OC(C)=O)[C@@]23O[C@@H]2[C@@H](C[C@]2(C)O[C@H]2c2cc(C)c(o2)[C@@H]1OC(C)=O)OC3O. The van der Waals surface area contributed by atoms with E-state index in [0.29, 0.717) is 23.5 Å². The molecular formula is C24H30O10. The number of epoxide rings is 2. The molecule has 9 atom stereocenters. The van der Waals surface area contributed by atoms with E-state index in [4.69, 9.17) is 28.1 Å². The molecule has 5 heterocycles. The number of ether oxygens (including phenoxy) is 5. The molecular weight excluding hydrogens is 448 g/mol. The van der Waals surface area contributed by atoms with Gasteiger partial charge in [0.25, 0.3) is 0 Å². The smallest absolute Gasteiger partial charge is 0.303 e. The molecule has 186 valence electrons. The second kappa shape index (κ2) is 7.89. The number of aryl methyl sites for hydroxylation is 1. The molecule has 0 aromatic carbocycles. The summed E-state index contributed by atoms with van der Waals surface area (Å²) >= 11 is 0. The summed E-state index contributed by atoms with van der Waals surface area (Å²) in [6.07, 6.45) is -4.12. The fourth-order valence-corrected chi connectivity index (χ4v) is 5.62. The monoisotopic (exact) mass is 478 g/mol. The van der Waals surface area contributed by atoms with Crippen molar-refractivity contribution in [3.8, 4) is 0 Å². The predicted molar refractivity (Wildman–Crippen MR) is 113 cm³/mol. The minimum atomic E-state index is -1.33. The van der Waals surface area contributed by atoms with Gasteiger partial charge in [0.1, 0.15) is 35.4 Å². The van der Waals surface area contributed by atoms with Gasteiger partial charge in [-0.1, -0.05) is 6.58 Å². The molecule has 3 saturated heterocycles. The first kappa shape index (κ1) is 23.5. The molecule has 0 amide bonds. The van der Waals surface area contributed by atoms with E-state index in [-0.39, 0.29) is 12.5 Å². The van der Waals surface area contributed by atoms with Crippen LogP contribution >= 0.6 is 0 Å². The highest BCUT2D eigenvalue weighted by Gasteiger charge is 2.77. The van der Waals surface area contributed by atoms with Crippen LogP contribution in [0, 0.1) is 12.8 Å². The zero-order valence-electron chi connectivity index (χ0n) is 19.6. The van der Waals surface area contributed by atoms with E-state index < -0.39 is 66.4 Å². The van der Waals surface area contributed by atoms with E-state index in [1.807, 2.05) is 19.9 Å². The fraction of sp³-hybridized carbons (Fsp3) is 0.667. The van der Waals surface area contributed by atoms with Crippen LogP contribution in [0.3, 0.4) is 0 Å². The highest BCUT2D eigenvalue weighted by Crippen LogP contribution is 2.61. The van der Waals surface area contributed by atoms with E-state index in [1.54, 1.807) is 0 Å². The van der Waals surface area contributed by atoms with Gasteiger partial charge < -0.3 is 38.3 Å². The predicted octanol–water partition coefficient (Wildman–Crippen LogP) is 1.77. The van der Waals surface area contributed by atoms with E-state index >= 15 is 0 Å². The fourth-order valence-electron chi connectivity index (χ4n) is 5.62. The maximum Gasteiger partial charge on any atom is 0.303 e. The number of aliphatic hydroxyl groups excluding tert-OH is 2. The van der Waals surface area contributed by atoms with E-state index in [0.717, 1.165) is 5.56 Å². The lowest BCUT2D eigenvalue weighted by Crippen LogP contribution is -2.45. The molecule has 1 aromatic heterocycles. The van der Waals surface area contributed by atoms with Crippen molar-refractivity contribution < 1.29 is 47.9 Å². The van der Waals surface area contributed by atoms with Gasteiger partial charge in [-0.3, -0.25) is 9.59 Å². The number of fused-ring (bicyclic) bond motifs is 4. The van der Waals surface area contributed by atoms with Gasteiger partial charge in [-0.25, -0.2) is 0 Å². The number of furan rings is 1. The molecule has 4 bridgehead atoms. The molecule has 0 radical (unpaired) electrons. The average Bonchev–Trinajstić information content (AvgIpc) is 3.58. The molecule has 10 heteroatoms. The van der Waals surface area contributed by atoms with E-state index in [2.05, 4.69) is 6.58 Å². The number of carbonyl (C=O) groups excluding carboxylic acids is 2. The summed E-state index contributed by atoms with van der Waals surface area (Å²) in [6, 6.07) is 1.85. The van der Waals surface area contributed by atoms with Crippen LogP contribution in [0.15, 0.2) is 22.6 Å². The molecule has 0 saturated carbocycles. The second-order valence-corrected chi connectivity index (χ2v) is 9.92. The minimum absolute atomic E-state index is 0.0488. The Morgan fingerprint density at radius 2 is 1.94 bits per heavy atom. The van der Waals surface area contributed by atoms with Crippen molar-refractivity contribution in [3.63, 3.8) is 0 Å². The molecule has 4 aliphatic rings. The number of hydrogen-bond acceptors (Lipinski definition) is 10. The van der Waals surface area contributed by atoms with Gasteiger partial charge in [0.05, 0.1) is 12.7 Å². The van der Waals surface area contributed by atoms with Gasteiger partial charge in [-0.05, 0) is 37.5 Å². The van der Waals surface area contributed by atoms with Crippen LogP contribution in [0.1, 0.15) is 62.9 Å². The Kier molecular flexibility index (Phi) is 5.45. The summed E-state index contributed by atoms with van der Waals surface area (Å²) in [6.45, 7) is 9.89. The van der Waals surface area contributed by atoms with E-state index in [9.17, 15) is 19.8 Å². The first-order valence-corrected chi connectivity index (χ1v) is 11.4. The number of esters is 2. The molecule has 0 aliphatic carbocycles. The quantitative estimate of drug-likeness (QED) is 0.374. The minimum Gasteiger partial charge on any atom is -0.459 e. The molecule has 0 spiro atoms. The van der Waals surface area contributed by atoms with Crippen LogP contribution < -0.4 is 0 Å². The zero-order chi connectivity index (χ0) is 24.6. The summed E-state index contributed by atoms with van der Waals surface area (Å²) in [5.41, 5.74) is -0.789. The Hall–Kier alpha value is -2.24. The van der Waals surface area contributed by atoms with Crippen LogP contribution in [0.4, 0.5) is 0 Å². The normalized spacial score (nSPS) is 42.2. The zero-order valence-corrected chi connectivity index (χ0v) is 19.6. The average molecular weight is 478 g/mol. The van der Waals surface area contributed by atoms with Gasteiger partial charge >= 0.3 is 11.9 Å². The largest absolute Gasteiger partial charge is 0.459 e. The van der Waals surface area contributed by atoms with Crippen LogP contribution in [0.2, 0.25) is 0 Å². The van der Waals surface area contributed by atoms with Gasteiger partial charge in [0, 0.05) is 26.2 Å². The first-order valence-electron chi connectivity index (χ1n) is 11.4. The lowest BCUT2D eigenvalue weighted by Gasteiger charge is -2.32. The molecule has 1 unspecified atom stereocenters. The Bertz CT molecular complexity index is 1030. The third-order valence-electron chi connectivity index (χ3n) is 7.39. The Morgan fingerprint density at radius 3 is 2.56 bits per heavy atom. The summed E-state index contributed by atoms with van der Waals surface area (Å²) in [5, 5.41) is 20.8. The molecule has 34 heavy (non-hydrogen) atoms. The number of rotatable bonds is 4. The van der Waals surface area contributed by atoms with Crippen molar-refractivity contribution in [1.29, 1.82) is 0 Å². The van der Waals surface area contributed by atoms with Gasteiger partial charge in [-0.2, -0.15) is 0 Å². The topological polar surface area (TPSA) is 140 Å². The van der Waals surface area contributed by atoms with Gasteiger partial charge in [0.15, 0.2) is 18.0 Å². The maximum atomic E-state index is 12.1. The Morgan fingerprint density at radius 1 is 1.24 bits per heavy atom. The second-order valence-electron chi connectivity index (χ2n) is 9.92. The Labute approximate surface area is 196 Å². The maximum absolute atomic E-state index is 12.1. The molecule has 5 rings (SSSR count). The lowest BCUT2D eigenvalue weighted by molar-refractivity contribution is -0.195. The standard InChI is InChI=1S/C24H30O10/c1-10-6-15-20-23(5,33-20)8-16-21-24(34-21,22(28)32-16)17(29-12(3)26)7-14(11(2)9-25)19(18(10)31-15)30-13(4)27/h6,14,16-17,19-22,25,28H,2,7-9H2,1,3-5H3/t14-,16-,17+,19-,20+,21-,22?,23+,24-/m1/s1. The van der Waals surface area contributed by atoms with Crippen LogP contribution in [-0.2, 0) is 33.3 Å². The van der Waals surface area contributed by atoms with Crippen molar-refractivity contribution in [2.45, 2.75) is 88.5 Å². The first-order chi connectivity index (χ1) is 16.0. The number of aliphatic hydroxyl groups is 2. The molecule has 10 nitrogen and oxygen atoms in total. The summed E-state index contributed by atoms with van der Waals surface area (Å²) in [7, 11) is 0. The van der Waals surface area contributed by atoms with Crippen molar-refractivity contribution in [3.05, 3.63) is 35.3 Å². The van der Waals surface area contributed by atoms with E-state index in [1.165, 1.54) is 13.8 Å². The molecule has 4 aliphatic heterocycles. The van der Waals surface area contributed by atoms with Crippen molar-refractivity contribution in [2.75, 3.05) is 6.61 Å². The third kappa shape index (κ3) is 3.59. The molecule has 3 fully saturated rings.